The molecule has 0 aliphatic heterocycles. The molecule has 6 heteroatoms. The minimum atomic E-state index is -4.47. The van der Waals surface area contributed by atoms with E-state index in [-0.39, 0.29) is 5.75 Å². The van der Waals surface area contributed by atoms with Gasteiger partial charge in [-0.3, -0.25) is 9.79 Å². The van der Waals surface area contributed by atoms with Crippen LogP contribution < -0.4 is 4.52 Å². The minimum Gasteiger partial charge on any atom is -0.404 e. The Balaban J connectivity index is 2.84. The summed E-state index contributed by atoms with van der Waals surface area (Å²) >= 11 is 5.54. The van der Waals surface area contributed by atoms with Crippen molar-refractivity contribution in [2.45, 2.75) is 0 Å². The molecule has 0 fully saturated rings. The predicted molar refractivity (Wildman–Crippen MR) is 44.1 cm³/mol. The molecule has 0 aliphatic rings. The lowest BCUT2D eigenvalue weighted by Gasteiger charge is -2.05. The lowest BCUT2D eigenvalue weighted by atomic mass is 10.3. The van der Waals surface area contributed by atoms with Crippen molar-refractivity contribution in [3.8, 4) is 5.75 Å². The van der Waals surface area contributed by atoms with E-state index < -0.39 is 7.82 Å². The van der Waals surface area contributed by atoms with Crippen LogP contribution in [0.5, 0.6) is 5.75 Å². The molecule has 0 spiro atoms. The number of hydrogen-bond donors (Lipinski definition) is 2. The number of hydrogen-bond acceptors (Lipinski definition) is 2. The van der Waals surface area contributed by atoms with Gasteiger partial charge < -0.3 is 4.52 Å². The summed E-state index contributed by atoms with van der Waals surface area (Å²) in [6, 6.07) is 5.84. The van der Waals surface area contributed by atoms with Crippen LogP contribution in [0.4, 0.5) is 0 Å². The summed E-state index contributed by atoms with van der Waals surface area (Å²) in [5.74, 6) is 0.0517. The van der Waals surface area contributed by atoms with E-state index in [1.165, 1.54) is 18.2 Å². The number of halogens is 1. The summed E-state index contributed by atoms with van der Waals surface area (Å²) in [6.45, 7) is 0. The third-order valence-corrected chi connectivity index (χ3v) is 1.70. The zero-order valence-electron chi connectivity index (χ0n) is 5.85. The topological polar surface area (TPSA) is 66.8 Å². The van der Waals surface area contributed by atoms with Crippen LogP contribution in [0.3, 0.4) is 0 Å². The summed E-state index contributed by atoms with van der Waals surface area (Å²) < 4.78 is 14.6. The molecule has 0 radical (unpaired) electrons. The molecule has 0 aliphatic carbocycles. The lowest BCUT2D eigenvalue weighted by Crippen LogP contribution is -1.89. The molecule has 2 N–H and O–H groups in total. The van der Waals surface area contributed by atoms with Crippen molar-refractivity contribution in [1.82, 2.24) is 0 Å². The average molecular weight is 209 g/mol. The van der Waals surface area contributed by atoms with Gasteiger partial charge in [-0.15, -0.1) is 0 Å². The van der Waals surface area contributed by atoms with Gasteiger partial charge in [0.25, 0.3) is 0 Å². The molecule has 1 aromatic carbocycles. The SMILES string of the molecule is O=P(O)(O)Oc1cccc(Cl)c1. The van der Waals surface area contributed by atoms with Gasteiger partial charge >= 0.3 is 7.82 Å². The van der Waals surface area contributed by atoms with Crippen LogP contribution in [0.2, 0.25) is 5.02 Å². The Bertz CT molecular complexity index is 321. The summed E-state index contributed by atoms with van der Waals surface area (Å²) in [7, 11) is -4.47. The van der Waals surface area contributed by atoms with E-state index in [1.807, 2.05) is 0 Å². The third kappa shape index (κ3) is 3.24. The Morgan fingerprint density at radius 1 is 1.42 bits per heavy atom. The maximum absolute atomic E-state index is 10.3. The van der Waals surface area contributed by atoms with Crippen molar-refractivity contribution < 1.29 is 18.9 Å². The highest BCUT2D eigenvalue weighted by atomic mass is 35.5. The molecule has 0 aromatic heterocycles. The monoisotopic (exact) mass is 208 g/mol. The molecule has 4 nitrogen and oxygen atoms in total. The van der Waals surface area contributed by atoms with E-state index in [0.29, 0.717) is 5.02 Å². The number of phosphoric acid groups is 1. The highest BCUT2D eigenvalue weighted by Gasteiger charge is 2.15. The van der Waals surface area contributed by atoms with Crippen LogP contribution in [0.25, 0.3) is 0 Å². The zero-order valence-corrected chi connectivity index (χ0v) is 7.50. The molecule has 0 heterocycles. The van der Waals surface area contributed by atoms with Gasteiger partial charge in [0, 0.05) is 5.02 Å². The molecule has 0 bridgehead atoms. The summed E-state index contributed by atoms with van der Waals surface area (Å²) in [6.07, 6.45) is 0. The molecule has 0 saturated carbocycles. The first-order valence-electron chi connectivity index (χ1n) is 2.98. The smallest absolute Gasteiger partial charge is 0.404 e. The van der Waals surface area contributed by atoms with Crippen molar-refractivity contribution in [2.75, 3.05) is 0 Å². The molecule has 12 heavy (non-hydrogen) atoms. The van der Waals surface area contributed by atoms with Gasteiger partial charge in [0.15, 0.2) is 0 Å². The van der Waals surface area contributed by atoms with Gasteiger partial charge in [0.05, 0.1) is 0 Å². The Labute approximate surface area is 74.0 Å². The van der Waals surface area contributed by atoms with Crippen LogP contribution in [0.1, 0.15) is 0 Å². The highest BCUT2D eigenvalue weighted by molar-refractivity contribution is 7.46. The Morgan fingerprint density at radius 2 is 2.08 bits per heavy atom. The average Bonchev–Trinajstić information content (AvgIpc) is 1.82. The molecular weight excluding hydrogens is 202 g/mol. The molecule has 1 aromatic rings. The molecule has 0 atom stereocenters. The number of benzene rings is 1. The van der Waals surface area contributed by atoms with Crippen molar-refractivity contribution in [1.29, 1.82) is 0 Å². The predicted octanol–water partition coefficient (Wildman–Crippen LogP) is 1.81. The van der Waals surface area contributed by atoms with Crippen LogP contribution >= 0.6 is 19.4 Å². The van der Waals surface area contributed by atoms with Crippen LogP contribution in [0, 0.1) is 0 Å². The van der Waals surface area contributed by atoms with E-state index in [0.717, 1.165) is 0 Å². The fraction of sp³-hybridized carbons (Fsp3) is 0. The number of phosphoric ester groups is 1. The van der Waals surface area contributed by atoms with E-state index in [1.54, 1.807) is 6.07 Å². The van der Waals surface area contributed by atoms with Gasteiger partial charge in [-0.25, -0.2) is 4.57 Å². The second-order valence-electron chi connectivity index (χ2n) is 2.04. The van der Waals surface area contributed by atoms with Crippen molar-refractivity contribution in [2.24, 2.45) is 0 Å². The molecule has 0 amide bonds. The summed E-state index contributed by atoms with van der Waals surface area (Å²) in [5.41, 5.74) is 0. The van der Waals surface area contributed by atoms with Crippen LogP contribution in [0.15, 0.2) is 24.3 Å². The maximum Gasteiger partial charge on any atom is 0.524 e. The Kier molecular flexibility index (Phi) is 2.75. The first kappa shape index (κ1) is 9.55. The van der Waals surface area contributed by atoms with Crippen molar-refractivity contribution in [3.63, 3.8) is 0 Å². The Hall–Kier alpha value is -0.540. The molecule has 1 rings (SSSR count). The second kappa shape index (κ2) is 3.46. The van der Waals surface area contributed by atoms with Gasteiger partial charge in [0.2, 0.25) is 0 Å². The fourth-order valence-electron chi connectivity index (χ4n) is 0.661. The second-order valence-corrected chi connectivity index (χ2v) is 3.64. The van der Waals surface area contributed by atoms with Crippen LogP contribution in [-0.4, -0.2) is 9.79 Å². The van der Waals surface area contributed by atoms with E-state index >= 15 is 0 Å². The first-order chi connectivity index (χ1) is 5.47. The Morgan fingerprint density at radius 3 is 2.58 bits per heavy atom. The van der Waals surface area contributed by atoms with Crippen molar-refractivity contribution in [3.05, 3.63) is 29.3 Å². The highest BCUT2D eigenvalue weighted by Crippen LogP contribution is 2.37. The lowest BCUT2D eigenvalue weighted by molar-refractivity contribution is 0.283. The van der Waals surface area contributed by atoms with E-state index in [9.17, 15) is 4.57 Å². The molecule has 0 unspecified atom stereocenters. The molecule has 0 saturated heterocycles. The summed E-state index contributed by atoms with van der Waals surface area (Å²) in [5, 5.41) is 0.362. The normalized spacial score (nSPS) is 11.2. The molecule has 66 valence electrons. The summed E-state index contributed by atoms with van der Waals surface area (Å²) in [4.78, 5) is 16.8. The number of rotatable bonds is 2. The maximum atomic E-state index is 10.3. The van der Waals surface area contributed by atoms with Gasteiger partial charge in [-0.1, -0.05) is 17.7 Å². The van der Waals surface area contributed by atoms with Gasteiger partial charge in [0.1, 0.15) is 5.75 Å². The quantitative estimate of drug-likeness (QED) is 0.728. The van der Waals surface area contributed by atoms with Crippen molar-refractivity contribution >= 4 is 19.4 Å². The minimum absolute atomic E-state index is 0.0517. The van der Waals surface area contributed by atoms with E-state index in [2.05, 4.69) is 4.52 Å². The van der Waals surface area contributed by atoms with Gasteiger partial charge in [-0.2, -0.15) is 0 Å². The molecular formula is C6H6ClO4P. The third-order valence-electron chi connectivity index (χ3n) is 1.02. The fourth-order valence-corrected chi connectivity index (χ4v) is 1.23. The zero-order chi connectivity index (χ0) is 9.19. The largest absolute Gasteiger partial charge is 0.524 e. The van der Waals surface area contributed by atoms with Crippen LogP contribution in [-0.2, 0) is 4.57 Å². The van der Waals surface area contributed by atoms with Gasteiger partial charge in [-0.05, 0) is 18.2 Å². The standard InChI is InChI=1S/C6H6ClO4P/c7-5-2-1-3-6(4-5)11-12(8,9)10/h1-4H,(H2,8,9,10). The first-order valence-corrected chi connectivity index (χ1v) is 4.89. The van der Waals surface area contributed by atoms with E-state index in [4.69, 9.17) is 21.4 Å².